The molecule has 0 spiro atoms. The number of unbranched alkanes of at least 4 members (excludes halogenated alkanes) is 2. The van der Waals surface area contributed by atoms with Crippen LogP contribution in [0.1, 0.15) is 30.5 Å². The van der Waals surface area contributed by atoms with Crippen molar-refractivity contribution < 1.29 is 0 Å². The maximum absolute atomic E-state index is 4.28. The summed E-state index contributed by atoms with van der Waals surface area (Å²) in [5.74, 6) is 1.29. The van der Waals surface area contributed by atoms with Gasteiger partial charge in [0.25, 0.3) is 0 Å². The molecule has 0 atom stereocenters. The maximum atomic E-state index is 4.28. The molecule has 1 N–H and O–H groups in total. The number of thioether (sulfide) groups is 1. The van der Waals surface area contributed by atoms with Gasteiger partial charge in [-0.25, -0.2) is 0 Å². The van der Waals surface area contributed by atoms with Gasteiger partial charge >= 0.3 is 0 Å². The van der Waals surface area contributed by atoms with Crippen molar-refractivity contribution in [2.24, 2.45) is 0 Å². The molecule has 3 heteroatoms. The Morgan fingerprint density at radius 3 is 2.81 bits per heavy atom. The summed E-state index contributed by atoms with van der Waals surface area (Å²) >= 11 is 1.93. The van der Waals surface area contributed by atoms with Crippen LogP contribution in [0.15, 0.2) is 18.3 Å². The fraction of sp³-hybridized carbons (Fsp3) is 0.615. The second kappa shape index (κ2) is 8.59. The average Bonchev–Trinajstić information content (AvgIpc) is 2.30. The molecule has 0 fully saturated rings. The van der Waals surface area contributed by atoms with Gasteiger partial charge in [-0.1, -0.05) is 12.5 Å². The van der Waals surface area contributed by atoms with Crippen LogP contribution >= 0.6 is 11.8 Å². The highest BCUT2D eigenvalue weighted by molar-refractivity contribution is 7.98. The summed E-state index contributed by atoms with van der Waals surface area (Å²) in [6.07, 6.45) is 8.08. The van der Waals surface area contributed by atoms with Gasteiger partial charge in [0.05, 0.1) is 0 Å². The molecular formula is C13H22N2S. The molecule has 1 aromatic rings. The standard InChI is InChI=1S/C13H22N2S/c1-12-6-7-13(11-15-12)10-14-8-4-3-5-9-16-2/h6-7,11,14H,3-5,8-10H2,1-2H3. The molecular weight excluding hydrogens is 216 g/mol. The molecule has 0 bridgehead atoms. The lowest BCUT2D eigenvalue weighted by atomic mass is 10.2. The molecule has 2 nitrogen and oxygen atoms in total. The summed E-state index contributed by atoms with van der Waals surface area (Å²) in [7, 11) is 0. The molecule has 1 aromatic heterocycles. The molecule has 90 valence electrons. The number of hydrogen-bond donors (Lipinski definition) is 1. The maximum Gasteiger partial charge on any atom is 0.0372 e. The summed E-state index contributed by atoms with van der Waals surface area (Å²) < 4.78 is 0. The molecule has 0 saturated heterocycles. The Labute approximate surface area is 103 Å². The van der Waals surface area contributed by atoms with E-state index in [2.05, 4.69) is 28.7 Å². The third-order valence-corrected chi connectivity index (χ3v) is 3.20. The normalized spacial score (nSPS) is 10.6. The lowest BCUT2D eigenvalue weighted by Crippen LogP contribution is -2.14. The highest BCUT2D eigenvalue weighted by Crippen LogP contribution is 2.02. The van der Waals surface area contributed by atoms with Crippen molar-refractivity contribution in [3.8, 4) is 0 Å². The van der Waals surface area contributed by atoms with Crippen molar-refractivity contribution in [3.63, 3.8) is 0 Å². The number of aromatic nitrogens is 1. The fourth-order valence-electron chi connectivity index (χ4n) is 1.51. The van der Waals surface area contributed by atoms with Gasteiger partial charge in [-0.3, -0.25) is 4.98 Å². The zero-order chi connectivity index (χ0) is 11.6. The zero-order valence-electron chi connectivity index (χ0n) is 10.3. The minimum Gasteiger partial charge on any atom is -0.313 e. The van der Waals surface area contributed by atoms with Crippen molar-refractivity contribution >= 4 is 11.8 Å². The predicted octanol–water partition coefficient (Wildman–Crippen LogP) is 3.01. The summed E-state index contributed by atoms with van der Waals surface area (Å²) in [5, 5.41) is 3.45. The molecule has 0 aliphatic carbocycles. The number of aryl methyl sites for hydroxylation is 1. The van der Waals surface area contributed by atoms with Gasteiger partial charge in [-0.15, -0.1) is 0 Å². The molecule has 0 aromatic carbocycles. The molecule has 16 heavy (non-hydrogen) atoms. The van der Waals surface area contributed by atoms with Gasteiger partial charge < -0.3 is 5.32 Å². The van der Waals surface area contributed by atoms with Gasteiger partial charge in [0.1, 0.15) is 0 Å². The lowest BCUT2D eigenvalue weighted by Gasteiger charge is -2.04. The van der Waals surface area contributed by atoms with Gasteiger partial charge in [0, 0.05) is 18.4 Å². The summed E-state index contributed by atoms with van der Waals surface area (Å²) in [5.41, 5.74) is 2.36. The largest absolute Gasteiger partial charge is 0.313 e. The van der Waals surface area contributed by atoms with Crippen molar-refractivity contribution in [3.05, 3.63) is 29.6 Å². The number of nitrogens with one attached hydrogen (secondary N) is 1. The molecule has 1 heterocycles. The minimum atomic E-state index is 0.940. The highest BCUT2D eigenvalue weighted by Gasteiger charge is 1.93. The van der Waals surface area contributed by atoms with E-state index in [1.165, 1.54) is 30.6 Å². The van der Waals surface area contributed by atoms with E-state index in [1.54, 1.807) is 0 Å². The minimum absolute atomic E-state index is 0.940. The van der Waals surface area contributed by atoms with Crippen LogP contribution in [0.2, 0.25) is 0 Å². The van der Waals surface area contributed by atoms with Crippen LogP contribution in [0.4, 0.5) is 0 Å². The van der Waals surface area contributed by atoms with E-state index < -0.39 is 0 Å². The molecule has 0 saturated carbocycles. The first kappa shape index (κ1) is 13.5. The van der Waals surface area contributed by atoms with E-state index in [0.717, 1.165) is 18.8 Å². The number of nitrogens with zero attached hydrogens (tertiary/aromatic N) is 1. The van der Waals surface area contributed by atoms with Gasteiger partial charge in [0.15, 0.2) is 0 Å². The average molecular weight is 238 g/mol. The second-order valence-electron chi connectivity index (χ2n) is 4.04. The molecule has 0 aliphatic heterocycles. The molecule has 0 unspecified atom stereocenters. The van der Waals surface area contributed by atoms with Gasteiger partial charge in [0.2, 0.25) is 0 Å². The van der Waals surface area contributed by atoms with E-state index in [9.17, 15) is 0 Å². The third-order valence-electron chi connectivity index (χ3n) is 2.50. The fourth-order valence-corrected chi connectivity index (χ4v) is 2.00. The van der Waals surface area contributed by atoms with Crippen LogP contribution in [-0.4, -0.2) is 23.5 Å². The smallest absolute Gasteiger partial charge is 0.0372 e. The van der Waals surface area contributed by atoms with Crippen LogP contribution in [0.3, 0.4) is 0 Å². The van der Waals surface area contributed by atoms with Crippen molar-refractivity contribution in [1.29, 1.82) is 0 Å². The SMILES string of the molecule is CSCCCCCNCc1ccc(C)nc1. The lowest BCUT2D eigenvalue weighted by molar-refractivity contribution is 0.618. The predicted molar refractivity (Wildman–Crippen MR) is 72.9 cm³/mol. The van der Waals surface area contributed by atoms with Crippen LogP contribution in [0, 0.1) is 6.92 Å². The first-order valence-corrected chi connectivity index (χ1v) is 7.33. The monoisotopic (exact) mass is 238 g/mol. The van der Waals surface area contributed by atoms with E-state index in [4.69, 9.17) is 0 Å². The first-order chi connectivity index (χ1) is 7.83. The molecule has 0 aliphatic rings. The van der Waals surface area contributed by atoms with Crippen LogP contribution in [-0.2, 0) is 6.54 Å². The van der Waals surface area contributed by atoms with Crippen LogP contribution in [0.25, 0.3) is 0 Å². The Morgan fingerprint density at radius 2 is 2.12 bits per heavy atom. The van der Waals surface area contributed by atoms with Gasteiger partial charge in [-0.05, 0) is 49.9 Å². The number of pyridine rings is 1. The summed E-state index contributed by atoms with van der Waals surface area (Å²) in [4.78, 5) is 4.28. The second-order valence-corrected chi connectivity index (χ2v) is 5.02. The summed E-state index contributed by atoms with van der Waals surface area (Å²) in [6, 6.07) is 4.21. The highest BCUT2D eigenvalue weighted by atomic mass is 32.2. The van der Waals surface area contributed by atoms with E-state index in [-0.39, 0.29) is 0 Å². The Morgan fingerprint density at radius 1 is 1.25 bits per heavy atom. The Bertz CT molecular complexity index is 272. The number of rotatable bonds is 8. The van der Waals surface area contributed by atoms with Crippen LogP contribution < -0.4 is 5.32 Å². The third kappa shape index (κ3) is 6.13. The van der Waals surface area contributed by atoms with Crippen molar-refractivity contribution in [2.45, 2.75) is 32.7 Å². The van der Waals surface area contributed by atoms with E-state index in [1.807, 2.05) is 24.9 Å². The quantitative estimate of drug-likeness (QED) is 0.705. The Balaban J connectivity index is 2.01. The van der Waals surface area contributed by atoms with E-state index >= 15 is 0 Å². The van der Waals surface area contributed by atoms with Crippen molar-refractivity contribution in [1.82, 2.24) is 10.3 Å². The topological polar surface area (TPSA) is 24.9 Å². The molecule has 1 rings (SSSR count). The summed E-state index contributed by atoms with van der Waals surface area (Å²) in [6.45, 7) is 4.07. The number of hydrogen-bond acceptors (Lipinski definition) is 3. The van der Waals surface area contributed by atoms with Gasteiger partial charge in [-0.2, -0.15) is 11.8 Å². The Hall–Kier alpha value is -0.540. The Kier molecular flexibility index (Phi) is 7.26. The first-order valence-electron chi connectivity index (χ1n) is 5.94. The zero-order valence-corrected chi connectivity index (χ0v) is 11.1. The molecule has 0 radical (unpaired) electrons. The molecule has 0 amide bonds. The van der Waals surface area contributed by atoms with Crippen molar-refractivity contribution in [2.75, 3.05) is 18.6 Å². The van der Waals surface area contributed by atoms with Crippen LogP contribution in [0.5, 0.6) is 0 Å². The van der Waals surface area contributed by atoms with E-state index in [0.29, 0.717) is 0 Å².